The number of hydrogen-bond acceptors (Lipinski definition) is 2. The van der Waals surface area contributed by atoms with Gasteiger partial charge in [0.15, 0.2) is 0 Å². The maximum absolute atomic E-state index is 5.43. The van der Waals surface area contributed by atoms with Gasteiger partial charge in [0.05, 0.1) is 0 Å². The minimum atomic E-state index is 0.216. The van der Waals surface area contributed by atoms with E-state index in [4.69, 9.17) is 5.14 Å². The van der Waals surface area contributed by atoms with Gasteiger partial charge in [-0.05, 0) is 26.7 Å². The zero-order chi connectivity index (χ0) is 7.33. The molecule has 0 bridgehead atoms. The molecule has 0 aliphatic carbocycles. The lowest BCUT2D eigenvalue weighted by atomic mass is 10.1. The third kappa shape index (κ3) is 4.55. The lowest BCUT2D eigenvalue weighted by Gasteiger charge is -2.19. The van der Waals surface area contributed by atoms with Crippen molar-refractivity contribution in [1.82, 2.24) is 0 Å². The van der Waals surface area contributed by atoms with Crippen molar-refractivity contribution in [2.75, 3.05) is 0 Å². The molecule has 0 amide bonds. The normalized spacial score (nSPS) is 11.4. The average molecular weight is 145 g/mol. The lowest BCUT2D eigenvalue weighted by Crippen LogP contribution is -2.16. The molecule has 0 aromatic carbocycles. The predicted octanol–water partition coefficient (Wildman–Crippen LogP) is 2.34. The second kappa shape index (κ2) is 3.96. The van der Waals surface area contributed by atoms with Crippen LogP contribution in [-0.4, -0.2) is 4.75 Å². The molecule has 0 saturated carbocycles. The number of nitrogens with two attached hydrogens (primary N) is 1. The molecule has 2 heteroatoms. The Hall–Kier alpha value is 0.0500. The summed E-state index contributed by atoms with van der Waals surface area (Å²) in [4.78, 5) is 0. The molecule has 0 unspecified atom stereocenters. The fraction of sp³-hybridized carbons (Fsp3) is 0.714. The third-order valence-corrected chi connectivity index (χ3v) is 2.11. The van der Waals surface area contributed by atoms with Crippen LogP contribution in [0.2, 0.25) is 0 Å². The molecule has 9 heavy (non-hydrogen) atoms. The van der Waals surface area contributed by atoms with Crippen LogP contribution in [-0.2, 0) is 0 Å². The topological polar surface area (TPSA) is 26.0 Å². The molecule has 54 valence electrons. The summed E-state index contributed by atoms with van der Waals surface area (Å²) in [6.07, 6.45) is 4.09. The zero-order valence-corrected chi connectivity index (χ0v) is 7.00. The average Bonchev–Trinajstić information content (AvgIpc) is 1.84. The first kappa shape index (κ1) is 9.05. The van der Waals surface area contributed by atoms with Crippen LogP contribution in [0, 0.1) is 0 Å². The minimum Gasteiger partial charge on any atom is -0.277 e. The Morgan fingerprint density at radius 2 is 2.22 bits per heavy atom. The first-order valence-electron chi connectivity index (χ1n) is 3.11. The number of hydrogen-bond donors (Lipinski definition) is 1. The third-order valence-electron chi connectivity index (χ3n) is 1.27. The van der Waals surface area contributed by atoms with E-state index >= 15 is 0 Å². The summed E-state index contributed by atoms with van der Waals surface area (Å²) in [7, 11) is 0. The molecule has 0 aliphatic heterocycles. The molecule has 0 aliphatic rings. The van der Waals surface area contributed by atoms with E-state index in [9.17, 15) is 0 Å². The van der Waals surface area contributed by atoms with Crippen molar-refractivity contribution >= 4 is 11.9 Å². The van der Waals surface area contributed by atoms with Crippen molar-refractivity contribution < 1.29 is 0 Å². The van der Waals surface area contributed by atoms with Crippen LogP contribution in [0.25, 0.3) is 0 Å². The molecule has 0 spiro atoms. The summed E-state index contributed by atoms with van der Waals surface area (Å²) in [5.41, 5.74) is 0. The number of allylic oxidation sites excluding steroid dienone is 1. The fourth-order valence-electron chi connectivity index (χ4n) is 0.509. The molecular weight excluding hydrogens is 130 g/mol. The first-order valence-corrected chi connectivity index (χ1v) is 3.99. The first-order chi connectivity index (χ1) is 4.12. The van der Waals surface area contributed by atoms with E-state index in [0.717, 1.165) is 12.8 Å². The molecule has 0 saturated heterocycles. The maximum atomic E-state index is 5.43. The quantitative estimate of drug-likeness (QED) is 0.485. The summed E-state index contributed by atoms with van der Waals surface area (Å²) >= 11 is 1.42. The summed E-state index contributed by atoms with van der Waals surface area (Å²) in [6, 6.07) is 0. The van der Waals surface area contributed by atoms with E-state index in [1.807, 2.05) is 6.08 Å². The van der Waals surface area contributed by atoms with Crippen molar-refractivity contribution in [3.8, 4) is 0 Å². The molecule has 0 heterocycles. The van der Waals surface area contributed by atoms with Crippen LogP contribution in [0.4, 0.5) is 0 Å². The Bertz CT molecular complexity index is 88.9. The SMILES string of the molecule is C=CCCC(C)(C)SN. The standard InChI is InChI=1S/C7H15NS/c1-4-5-6-7(2,3)9-8/h4H,1,5-6,8H2,2-3H3. The summed E-state index contributed by atoms with van der Waals surface area (Å²) in [5, 5.41) is 5.43. The van der Waals surface area contributed by atoms with Gasteiger partial charge < -0.3 is 0 Å². The molecule has 0 rings (SSSR count). The Morgan fingerprint density at radius 1 is 1.67 bits per heavy atom. The molecule has 0 atom stereocenters. The van der Waals surface area contributed by atoms with E-state index in [2.05, 4.69) is 20.4 Å². The van der Waals surface area contributed by atoms with Gasteiger partial charge in [0, 0.05) is 4.75 Å². The smallest absolute Gasteiger partial charge is 0.0249 e. The highest BCUT2D eigenvalue weighted by molar-refractivity contribution is 7.98. The maximum Gasteiger partial charge on any atom is 0.0249 e. The molecular formula is C7H15NS. The Morgan fingerprint density at radius 3 is 2.56 bits per heavy atom. The van der Waals surface area contributed by atoms with Gasteiger partial charge in [-0.15, -0.1) is 6.58 Å². The van der Waals surface area contributed by atoms with Gasteiger partial charge in [-0.3, -0.25) is 5.14 Å². The van der Waals surface area contributed by atoms with Crippen LogP contribution in [0.3, 0.4) is 0 Å². The van der Waals surface area contributed by atoms with Gasteiger partial charge in [-0.2, -0.15) is 0 Å². The predicted molar refractivity (Wildman–Crippen MR) is 45.3 cm³/mol. The van der Waals surface area contributed by atoms with Crippen molar-refractivity contribution in [2.45, 2.75) is 31.4 Å². The Balaban J connectivity index is 3.44. The second-order valence-electron chi connectivity index (χ2n) is 2.70. The highest BCUT2D eigenvalue weighted by Gasteiger charge is 2.14. The van der Waals surface area contributed by atoms with E-state index < -0.39 is 0 Å². The van der Waals surface area contributed by atoms with Crippen LogP contribution in [0.15, 0.2) is 12.7 Å². The van der Waals surface area contributed by atoms with Gasteiger partial charge in [0.2, 0.25) is 0 Å². The summed E-state index contributed by atoms with van der Waals surface area (Å²) < 4.78 is 0.216. The van der Waals surface area contributed by atoms with Crippen molar-refractivity contribution in [1.29, 1.82) is 0 Å². The highest BCUT2D eigenvalue weighted by atomic mass is 32.2. The Kier molecular flexibility index (Phi) is 3.98. The van der Waals surface area contributed by atoms with Crippen molar-refractivity contribution in [3.63, 3.8) is 0 Å². The van der Waals surface area contributed by atoms with Crippen LogP contribution in [0.5, 0.6) is 0 Å². The second-order valence-corrected chi connectivity index (χ2v) is 4.05. The molecule has 0 aromatic rings. The van der Waals surface area contributed by atoms with Crippen LogP contribution >= 0.6 is 11.9 Å². The van der Waals surface area contributed by atoms with Gasteiger partial charge >= 0.3 is 0 Å². The monoisotopic (exact) mass is 145 g/mol. The van der Waals surface area contributed by atoms with Crippen molar-refractivity contribution in [3.05, 3.63) is 12.7 Å². The van der Waals surface area contributed by atoms with Gasteiger partial charge in [0.25, 0.3) is 0 Å². The van der Waals surface area contributed by atoms with Crippen LogP contribution < -0.4 is 5.14 Å². The molecule has 0 radical (unpaired) electrons. The molecule has 2 N–H and O–H groups in total. The molecule has 0 fully saturated rings. The summed E-state index contributed by atoms with van der Waals surface area (Å²) in [5.74, 6) is 0. The number of rotatable bonds is 4. The van der Waals surface area contributed by atoms with Crippen LogP contribution in [0.1, 0.15) is 26.7 Å². The molecule has 0 aromatic heterocycles. The van der Waals surface area contributed by atoms with E-state index in [1.165, 1.54) is 11.9 Å². The minimum absolute atomic E-state index is 0.216. The van der Waals surface area contributed by atoms with E-state index in [-0.39, 0.29) is 4.75 Å². The lowest BCUT2D eigenvalue weighted by molar-refractivity contribution is 0.649. The van der Waals surface area contributed by atoms with E-state index in [0.29, 0.717) is 0 Å². The highest BCUT2D eigenvalue weighted by Crippen LogP contribution is 2.24. The van der Waals surface area contributed by atoms with Gasteiger partial charge in [-0.1, -0.05) is 18.0 Å². The fourth-order valence-corrected chi connectivity index (χ4v) is 0.744. The summed E-state index contributed by atoms with van der Waals surface area (Å²) in [6.45, 7) is 7.93. The molecule has 1 nitrogen and oxygen atoms in total. The van der Waals surface area contributed by atoms with Gasteiger partial charge in [0.1, 0.15) is 0 Å². The largest absolute Gasteiger partial charge is 0.277 e. The Labute approximate surface area is 61.8 Å². The van der Waals surface area contributed by atoms with Gasteiger partial charge in [-0.25, -0.2) is 0 Å². The zero-order valence-electron chi connectivity index (χ0n) is 6.18. The van der Waals surface area contributed by atoms with Crippen molar-refractivity contribution in [2.24, 2.45) is 5.14 Å². The van der Waals surface area contributed by atoms with E-state index in [1.54, 1.807) is 0 Å².